The Balaban J connectivity index is 2.78. The van der Waals surface area contributed by atoms with Gasteiger partial charge in [-0.1, -0.05) is 24.1 Å². The predicted octanol–water partition coefficient (Wildman–Crippen LogP) is 1.71. The fraction of sp³-hybridized carbons (Fsp3) is 0.308. The predicted molar refractivity (Wildman–Crippen MR) is 65.9 cm³/mol. The summed E-state index contributed by atoms with van der Waals surface area (Å²) < 4.78 is 0. The first-order valence-electron chi connectivity index (χ1n) is 5.12. The molecule has 0 spiro atoms. The van der Waals surface area contributed by atoms with Crippen LogP contribution in [0.25, 0.3) is 0 Å². The molecule has 0 saturated carbocycles. The summed E-state index contributed by atoms with van der Waals surface area (Å²) in [6, 6.07) is 7.83. The van der Waals surface area contributed by atoms with Gasteiger partial charge in [-0.3, -0.25) is 4.79 Å². The highest BCUT2D eigenvalue weighted by molar-refractivity contribution is 5.73. The summed E-state index contributed by atoms with van der Waals surface area (Å²) in [5.74, 6) is 2.58. The molecule has 0 aliphatic heterocycles. The van der Waals surface area contributed by atoms with E-state index in [1.165, 1.54) is 0 Å². The number of terminal acetylenes is 1. The average molecular weight is 216 g/mol. The lowest BCUT2D eigenvalue weighted by Crippen LogP contribution is -2.23. The van der Waals surface area contributed by atoms with Crippen molar-refractivity contribution in [1.29, 1.82) is 0 Å². The van der Waals surface area contributed by atoms with Crippen LogP contribution in [0.1, 0.15) is 12.5 Å². The van der Waals surface area contributed by atoms with E-state index in [9.17, 15) is 4.79 Å². The van der Waals surface area contributed by atoms with Crippen LogP contribution in [0, 0.1) is 12.3 Å². The Morgan fingerprint density at radius 1 is 1.50 bits per heavy atom. The molecule has 0 aliphatic rings. The maximum Gasteiger partial charge on any atom is 0.219 e. The maximum atomic E-state index is 11.1. The van der Waals surface area contributed by atoms with Gasteiger partial charge in [0.15, 0.2) is 0 Å². The molecule has 1 N–H and O–H groups in total. The van der Waals surface area contributed by atoms with Crippen molar-refractivity contribution in [3.63, 3.8) is 0 Å². The first kappa shape index (κ1) is 12.1. The van der Waals surface area contributed by atoms with E-state index in [1.54, 1.807) is 18.9 Å². The van der Waals surface area contributed by atoms with Crippen LogP contribution < -0.4 is 5.32 Å². The largest absolute Gasteiger partial charge is 0.374 e. The molecule has 0 aliphatic carbocycles. The van der Waals surface area contributed by atoms with E-state index in [-0.39, 0.29) is 5.91 Å². The second kappa shape index (κ2) is 5.82. The number of hydrogen-bond acceptors (Lipinski definition) is 2. The number of rotatable bonds is 4. The number of amides is 1. The van der Waals surface area contributed by atoms with E-state index in [1.807, 2.05) is 24.3 Å². The van der Waals surface area contributed by atoms with E-state index in [4.69, 9.17) is 6.42 Å². The third-order valence-corrected chi connectivity index (χ3v) is 2.34. The Morgan fingerprint density at radius 2 is 2.19 bits per heavy atom. The fourth-order valence-corrected chi connectivity index (χ4v) is 1.34. The average Bonchev–Trinajstić information content (AvgIpc) is 2.27. The SMILES string of the molecule is C#CCNc1ccccc1CN(C)C(C)=O. The van der Waals surface area contributed by atoms with Gasteiger partial charge in [-0.15, -0.1) is 6.42 Å². The molecule has 1 rings (SSSR count). The fourth-order valence-electron chi connectivity index (χ4n) is 1.34. The monoisotopic (exact) mass is 216 g/mol. The van der Waals surface area contributed by atoms with Crippen LogP contribution in [0.2, 0.25) is 0 Å². The number of anilines is 1. The number of benzene rings is 1. The van der Waals surface area contributed by atoms with Gasteiger partial charge in [0.2, 0.25) is 5.91 Å². The number of carbonyl (C=O) groups is 1. The number of hydrogen-bond donors (Lipinski definition) is 1. The minimum atomic E-state index is 0.0479. The van der Waals surface area contributed by atoms with E-state index in [0.717, 1.165) is 11.3 Å². The zero-order chi connectivity index (χ0) is 12.0. The highest BCUT2D eigenvalue weighted by Gasteiger charge is 2.06. The van der Waals surface area contributed by atoms with Crippen LogP contribution in [0.15, 0.2) is 24.3 Å². The Kier molecular flexibility index (Phi) is 4.41. The van der Waals surface area contributed by atoms with E-state index >= 15 is 0 Å². The van der Waals surface area contributed by atoms with Crippen LogP contribution in [0.3, 0.4) is 0 Å². The van der Waals surface area contributed by atoms with Crippen LogP contribution in [-0.4, -0.2) is 24.4 Å². The van der Waals surface area contributed by atoms with Crippen molar-refractivity contribution < 1.29 is 4.79 Å². The molecule has 1 aromatic carbocycles. The van der Waals surface area contributed by atoms with Crippen LogP contribution >= 0.6 is 0 Å². The summed E-state index contributed by atoms with van der Waals surface area (Å²) in [5, 5.41) is 3.13. The van der Waals surface area contributed by atoms with Gasteiger partial charge in [0, 0.05) is 26.2 Å². The zero-order valence-electron chi connectivity index (χ0n) is 9.66. The van der Waals surface area contributed by atoms with Gasteiger partial charge in [0.25, 0.3) is 0 Å². The molecule has 16 heavy (non-hydrogen) atoms. The zero-order valence-corrected chi connectivity index (χ0v) is 9.66. The molecule has 0 fully saturated rings. The minimum absolute atomic E-state index is 0.0479. The van der Waals surface area contributed by atoms with Crippen LogP contribution in [0.5, 0.6) is 0 Å². The third kappa shape index (κ3) is 3.32. The van der Waals surface area contributed by atoms with Gasteiger partial charge in [-0.05, 0) is 11.6 Å². The molecule has 3 heteroatoms. The summed E-state index contributed by atoms with van der Waals surface area (Å²) in [4.78, 5) is 12.8. The van der Waals surface area contributed by atoms with Crippen molar-refractivity contribution >= 4 is 11.6 Å². The first-order chi connectivity index (χ1) is 7.65. The van der Waals surface area contributed by atoms with Gasteiger partial charge in [-0.25, -0.2) is 0 Å². The maximum absolute atomic E-state index is 11.1. The quantitative estimate of drug-likeness (QED) is 0.777. The molecule has 0 unspecified atom stereocenters. The summed E-state index contributed by atoms with van der Waals surface area (Å²) in [7, 11) is 1.78. The van der Waals surface area contributed by atoms with Gasteiger partial charge in [0.1, 0.15) is 0 Å². The lowest BCUT2D eigenvalue weighted by Gasteiger charge is -2.17. The third-order valence-electron chi connectivity index (χ3n) is 2.34. The Morgan fingerprint density at radius 3 is 2.81 bits per heavy atom. The molecule has 3 nitrogen and oxygen atoms in total. The van der Waals surface area contributed by atoms with Crippen LogP contribution in [-0.2, 0) is 11.3 Å². The molecule has 0 atom stereocenters. The molecule has 0 bridgehead atoms. The van der Waals surface area contributed by atoms with Gasteiger partial charge >= 0.3 is 0 Å². The number of nitrogens with one attached hydrogen (secondary N) is 1. The second-order valence-corrected chi connectivity index (χ2v) is 3.59. The summed E-state index contributed by atoms with van der Waals surface area (Å²) >= 11 is 0. The Labute approximate surface area is 96.5 Å². The molecule has 0 heterocycles. The lowest BCUT2D eigenvalue weighted by atomic mass is 10.1. The number of para-hydroxylation sites is 1. The Hall–Kier alpha value is -1.95. The molecular formula is C13H16N2O. The van der Waals surface area contributed by atoms with Crippen molar-refractivity contribution in [2.24, 2.45) is 0 Å². The van der Waals surface area contributed by atoms with E-state index < -0.39 is 0 Å². The van der Waals surface area contributed by atoms with Crippen molar-refractivity contribution in [3.8, 4) is 12.3 Å². The smallest absolute Gasteiger partial charge is 0.219 e. The summed E-state index contributed by atoms with van der Waals surface area (Å²) in [5.41, 5.74) is 2.05. The standard InChI is InChI=1S/C13H16N2O/c1-4-9-14-13-8-6-5-7-12(13)10-15(3)11(2)16/h1,5-8,14H,9-10H2,2-3H3. The highest BCUT2D eigenvalue weighted by Crippen LogP contribution is 2.16. The molecular weight excluding hydrogens is 200 g/mol. The molecule has 0 saturated heterocycles. The van der Waals surface area contributed by atoms with E-state index in [2.05, 4.69) is 11.2 Å². The normalized spacial score (nSPS) is 9.31. The van der Waals surface area contributed by atoms with Crippen molar-refractivity contribution in [2.45, 2.75) is 13.5 Å². The van der Waals surface area contributed by atoms with Crippen LogP contribution in [0.4, 0.5) is 5.69 Å². The number of nitrogens with zero attached hydrogens (tertiary/aromatic N) is 1. The topological polar surface area (TPSA) is 32.3 Å². The molecule has 0 aromatic heterocycles. The molecule has 1 aromatic rings. The van der Waals surface area contributed by atoms with Gasteiger partial charge in [-0.2, -0.15) is 0 Å². The minimum Gasteiger partial charge on any atom is -0.374 e. The molecule has 0 radical (unpaired) electrons. The molecule has 84 valence electrons. The van der Waals surface area contributed by atoms with Gasteiger partial charge in [0.05, 0.1) is 6.54 Å². The second-order valence-electron chi connectivity index (χ2n) is 3.59. The van der Waals surface area contributed by atoms with Crippen molar-refractivity contribution in [2.75, 3.05) is 18.9 Å². The van der Waals surface area contributed by atoms with Crippen molar-refractivity contribution in [3.05, 3.63) is 29.8 Å². The lowest BCUT2D eigenvalue weighted by molar-refractivity contribution is -0.128. The van der Waals surface area contributed by atoms with Crippen molar-refractivity contribution in [1.82, 2.24) is 4.90 Å². The Bertz CT molecular complexity index is 407. The van der Waals surface area contributed by atoms with Gasteiger partial charge < -0.3 is 10.2 Å². The van der Waals surface area contributed by atoms with E-state index in [0.29, 0.717) is 13.1 Å². The highest BCUT2D eigenvalue weighted by atomic mass is 16.2. The number of carbonyl (C=O) groups excluding carboxylic acids is 1. The summed E-state index contributed by atoms with van der Waals surface area (Å²) in [6.07, 6.45) is 5.20. The first-order valence-corrected chi connectivity index (χ1v) is 5.12. The summed E-state index contributed by atoms with van der Waals surface area (Å²) in [6.45, 7) is 2.63. The molecule has 1 amide bonds.